The first-order valence-corrected chi connectivity index (χ1v) is 6.40. The summed E-state index contributed by atoms with van der Waals surface area (Å²) in [6.07, 6.45) is 6.69. The van der Waals surface area contributed by atoms with Gasteiger partial charge >= 0.3 is 5.97 Å². The SMILES string of the molecule is CCCCCCC=C(O)C(=O)Oc1ccccc1. The zero-order chi connectivity index (χ0) is 13.2. The van der Waals surface area contributed by atoms with Gasteiger partial charge in [-0.05, 0) is 31.1 Å². The van der Waals surface area contributed by atoms with E-state index in [-0.39, 0.29) is 5.76 Å². The zero-order valence-electron chi connectivity index (χ0n) is 10.8. The van der Waals surface area contributed by atoms with Crippen LogP contribution in [0, 0.1) is 0 Å². The van der Waals surface area contributed by atoms with Crippen molar-refractivity contribution in [3.63, 3.8) is 0 Å². The molecule has 0 spiro atoms. The topological polar surface area (TPSA) is 46.5 Å². The van der Waals surface area contributed by atoms with Gasteiger partial charge in [0.1, 0.15) is 5.75 Å². The van der Waals surface area contributed by atoms with E-state index in [1.165, 1.54) is 18.9 Å². The first-order chi connectivity index (χ1) is 8.74. The van der Waals surface area contributed by atoms with Crippen LogP contribution in [0.15, 0.2) is 42.2 Å². The van der Waals surface area contributed by atoms with Gasteiger partial charge in [-0.3, -0.25) is 0 Å². The largest absolute Gasteiger partial charge is 0.502 e. The molecule has 0 amide bonds. The van der Waals surface area contributed by atoms with Gasteiger partial charge in [-0.15, -0.1) is 0 Å². The van der Waals surface area contributed by atoms with Crippen molar-refractivity contribution in [2.75, 3.05) is 0 Å². The molecule has 18 heavy (non-hydrogen) atoms. The van der Waals surface area contributed by atoms with Crippen LogP contribution in [0.1, 0.15) is 39.0 Å². The van der Waals surface area contributed by atoms with Crippen molar-refractivity contribution in [3.05, 3.63) is 42.2 Å². The van der Waals surface area contributed by atoms with E-state index in [9.17, 15) is 9.90 Å². The monoisotopic (exact) mass is 248 g/mol. The summed E-state index contributed by atoms with van der Waals surface area (Å²) >= 11 is 0. The molecule has 1 N–H and O–H groups in total. The number of unbranched alkanes of at least 4 members (excludes halogenated alkanes) is 4. The third-order valence-corrected chi connectivity index (χ3v) is 2.56. The lowest BCUT2D eigenvalue weighted by Crippen LogP contribution is -2.10. The molecule has 0 aliphatic rings. The molecule has 0 fully saturated rings. The molecule has 0 bridgehead atoms. The summed E-state index contributed by atoms with van der Waals surface area (Å²) in [4.78, 5) is 11.5. The molecular formula is C15H20O3. The first kappa shape index (κ1) is 14.3. The Kier molecular flexibility index (Phi) is 6.62. The fraction of sp³-hybridized carbons (Fsp3) is 0.400. The molecule has 98 valence electrons. The predicted molar refractivity (Wildman–Crippen MR) is 71.5 cm³/mol. The van der Waals surface area contributed by atoms with E-state index in [4.69, 9.17) is 4.74 Å². The number of benzene rings is 1. The lowest BCUT2D eigenvalue weighted by atomic mass is 10.1. The Morgan fingerprint density at radius 3 is 2.61 bits per heavy atom. The molecule has 0 radical (unpaired) electrons. The van der Waals surface area contributed by atoms with E-state index in [1.54, 1.807) is 24.3 Å². The maximum absolute atomic E-state index is 11.5. The second-order valence-electron chi connectivity index (χ2n) is 4.14. The molecule has 0 aliphatic carbocycles. The van der Waals surface area contributed by atoms with Gasteiger partial charge in [-0.1, -0.05) is 44.4 Å². The van der Waals surface area contributed by atoms with Crippen molar-refractivity contribution >= 4 is 5.97 Å². The van der Waals surface area contributed by atoms with Crippen molar-refractivity contribution in [2.24, 2.45) is 0 Å². The molecule has 0 aromatic heterocycles. The van der Waals surface area contributed by atoms with Crippen LogP contribution in [-0.2, 0) is 4.79 Å². The van der Waals surface area contributed by atoms with E-state index in [1.807, 2.05) is 6.07 Å². The van der Waals surface area contributed by atoms with Crippen LogP contribution < -0.4 is 4.74 Å². The summed E-state index contributed by atoms with van der Waals surface area (Å²) < 4.78 is 5.00. The van der Waals surface area contributed by atoms with Gasteiger partial charge in [0.2, 0.25) is 0 Å². The molecule has 1 aromatic carbocycles. The minimum absolute atomic E-state index is 0.310. The molecule has 3 heteroatoms. The number of allylic oxidation sites excluding steroid dienone is 1. The molecule has 0 unspecified atom stereocenters. The van der Waals surface area contributed by atoms with Gasteiger partial charge in [-0.25, -0.2) is 4.79 Å². The highest BCUT2D eigenvalue weighted by atomic mass is 16.5. The smallest absolute Gasteiger partial charge is 0.378 e. The minimum atomic E-state index is -0.698. The second kappa shape index (κ2) is 8.34. The summed E-state index contributed by atoms with van der Waals surface area (Å²) in [5.41, 5.74) is 0. The number of para-hydroxylation sites is 1. The number of carbonyl (C=O) groups is 1. The average Bonchev–Trinajstić information content (AvgIpc) is 2.39. The molecule has 0 atom stereocenters. The normalized spacial score (nSPS) is 11.3. The molecule has 1 aromatic rings. The van der Waals surface area contributed by atoms with Crippen LogP contribution in [0.4, 0.5) is 0 Å². The van der Waals surface area contributed by atoms with E-state index >= 15 is 0 Å². The highest BCUT2D eigenvalue weighted by Gasteiger charge is 2.09. The van der Waals surface area contributed by atoms with Crippen molar-refractivity contribution in [1.82, 2.24) is 0 Å². The van der Waals surface area contributed by atoms with Crippen LogP contribution in [0.5, 0.6) is 5.75 Å². The quantitative estimate of drug-likeness (QED) is 0.261. The van der Waals surface area contributed by atoms with Gasteiger partial charge < -0.3 is 9.84 Å². The average molecular weight is 248 g/mol. The Hall–Kier alpha value is -1.77. The van der Waals surface area contributed by atoms with Crippen LogP contribution >= 0.6 is 0 Å². The van der Waals surface area contributed by atoms with E-state index in [0.29, 0.717) is 12.2 Å². The Labute approximate surface area is 108 Å². The molecule has 0 saturated heterocycles. The highest BCUT2D eigenvalue weighted by molar-refractivity contribution is 5.87. The predicted octanol–water partition coefficient (Wildman–Crippen LogP) is 4.00. The summed E-state index contributed by atoms with van der Waals surface area (Å²) in [6, 6.07) is 8.72. The van der Waals surface area contributed by atoms with Crippen molar-refractivity contribution in [1.29, 1.82) is 0 Å². The third kappa shape index (κ3) is 5.53. The first-order valence-electron chi connectivity index (χ1n) is 6.40. The summed E-state index contributed by atoms with van der Waals surface area (Å²) in [6.45, 7) is 2.14. The van der Waals surface area contributed by atoms with Gasteiger partial charge in [0.25, 0.3) is 0 Å². The molecule has 0 heterocycles. The van der Waals surface area contributed by atoms with Crippen molar-refractivity contribution in [3.8, 4) is 5.75 Å². The number of hydrogen-bond acceptors (Lipinski definition) is 3. The van der Waals surface area contributed by atoms with Crippen molar-refractivity contribution < 1.29 is 14.6 Å². The van der Waals surface area contributed by atoms with Gasteiger partial charge in [0.15, 0.2) is 5.76 Å². The number of ether oxygens (including phenoxy) is 1. The van der Waals surface area contributed by atoms with Crippen LogP contribution in [-0.4, -0.2) is 11.1 Å². The zero-order valence-corrected chi connectivity index (χ0v) is 10.8. The van der Waals surface area contributed by atoms with Crippen molar-refractivity contribution in [2.45, 2.75) is 39.0 Å². The lowest BCUT2D eigenvalue weighted by molar-refractivity contribution is -0.133. The van der Waals surface area contributed by atoms with E-state index in [0.717, 1.165) is 12.8 Å². The maximum atomic E-state index is 11.5. The fourth-order valence-corrected chi connectivity index (χ4v) is 1.54. The number of carbonyl (C=O) groups excluding carboxylic acids is 1. The third-order valence-electron chi connectivity index (χ3n) is 2.56. The van der Waals surface area contributed by atoms with Crippen LogP contribution in [0.3, 0.4) is 0 Å². The van der Waals surface area contributed by atoms with E-state index in [2.05, 4.69) is 6.92 Å². The standard InChI is InChI=1S/C15H20O3/c1-2-3-4-5-9-12-14(16)15(17)18-13-10-7-6-8-11-13/h6-8,10-12,16H,2-5,9H2,1H3. The number of aliphatic hydroxyl groups is 1. The Morgan fingerprint density at radius 1 is 1.22 bits per heavy atom. The number of esters is 1. The molecule has 0 saturated carbocycles. The lowest BCUT2D eigenvalue weighted by Gasteiger charge is -2.03. The Morgan fingerprint density at radius 2 is 1.94 bits per heavy atom. The highest BCUT2D eigenvalue weighted by Crippen LogP contribution is 2.11. The van der Waals surface area contributed by atoms with Gasteiger partial charge in [0.05, 0.1) is 0 Å². The minimum Gasteiger partial charge on any atom is -0.502 e. The van der Waals surface area contributed by atoms with Crippen LogP contribution in [0.25, 0.3) is 0 Å². The summed E-state index contributed by atoms with van der Waals surface area (Å²) in [5, 5.41) is 9.52. The van der Waals surface area contributed by atoms with E-state index < -0.39 is 5.97 Å². The summed E-state index contributed by atoms with van der Waals surface area (Å²) in [5.74, 6) is -0.569. The molecule has 3 nitrogen and oxygen atoms in total. The molecular weight excluding hydrogens is 228 g/mol. The number of hydrogen-bond donors (Lipinski definition) is 1. The molecule has 0 aliphatic heterocycles. The Balaban J connectivity index is 2.34. The fourth-order valence-electron chi connectivity index (χ4n) is 1.54. The molecule has 1 rings (SSSR count). The van der Waals surface area contributed by atoms with Gasteiger partial charge in [-0.2, -0.15) is 0 Å². The second-order valence-corrected chi connectivity index (χ2v) is 4.14. The number of aliphatic hydroxyl groups excluding tert-OH is 1. The van der Waals surface area contributed by atoms with Gasteiger partial charge in [0, 0.05) is 0 Å². The van der Waals surface area contributed by atoms with Crippen LogP contribution in [0.2, 0.25) is 0 Å². The summed E-state index contributed by atoms with van der Waals surface area (Å²) in [7, 11) is 0. The maximum Gasteiger partial charge on any atom is 0.378 e. The Bertz CT molecular complexity index is 382. The number of rotatable bonds is 7.